The molecule has 0 aromatic heterocycles. The highest BCUT2D eigenvalue weighted by atomic mass is 33.1. The fraction of sp³-hybridized carbons (Fsp3) is 1.00. The van der Waals surface area contributed by atoms with Gasteiger partial charge in [0.1, 0.15) is 0 Å². The third-order valence-electron chi connectivity index (χ3n) is 0.789. The Morgan fingerprint density at radius 1 is 0.929 bits per heavy atom. The fourth-order valence-electron chi connectivity index (χ4n) is 0.440. The number of hydrogen-bond acceptors (Lipinski definition) is 6. The summed E-state index contributed by atoms with van der Waals surface area (Å²) in [5.74, 6) is 2.76. The van der Waals surface area contributed by atoms with Gasteiger partial charge in [0.25, 0.3) is 10.2 Å². The average Bonchev–Trinajstić information content (AvgIpc) is 2.05. The van der Waals surface area contributed by atoms with E-state index >= 15 is 0 Å². The minimum Gasteiger partial charge on any atom is -0.328 e. The van der Waals surface area contributed by atoms with Gasteiger partial charge in [0, 0.05) is 11.5 Å². The first-order valence-corrected chi connectivity index (χ1v) is 5.86. The third kappa shape index (κ3) is 43.5. The molecule has 0 aromatic carbocycles. The summed E-state index contributed by atoms with van der Waals surface area (Å²) in [6, 6.07) is 0. The van der Waals surface area contributed by atoms with Crippen LogP contribution in [0.25, 0.3) is 0 Å². The second kappa shape index (κ2) is 12.1. The Bertz CT molecular complexity index is 132. The molecule has 0 spiro atoms. The minimum absolute atomic E-state index is 1.38. The van der Waals surface area contributed by atoms with Gasteiger partial charge in [-0.2, -0.15) is 0 Å². The van der Waals surface area contributed by atoms with Crippen molar-refractivity contribution in [2.75, 3.05) is 11.5 Å². The Morgan fingerprint density at radius 2 is 1.14 bits per heavy atom. The van der Waals surface area contributed by atoms with Crippen LogP contribution in [0.5, 0.6) is 0 Å². The van der Waals surface area contributed by atoms with Gasteiger partial charge in [-0.3, -0.25) is 0 Å². The summed E-state index contributed by atoms with van der Waals surface area (Å²) in [6.45, 7) is 0. The van der Waals surface area contributed by atoms with E-state index < -0.39 is 10.2 Å². The molecule has 0 saturated carbocycles. The third-order valence-corrected chi connectivity index (χ3v) is 3.37. The SMILES string of the molecule is C1CCSSC1.O=[N+]([O-])O.O=[N+]([O-])O. The van der Waals surface area contributed by atoms with Crippen LogP contribution < -0.4 is 0 Å². The van der Waals surface area contributed by atoms with Crippen molar-refractivity contribution in [1.29, 1.82) is 0 Å². The lowest BCUT2D eigenvalue weighted by Gasteiger charge is -2.04. The molecule has 0 atom stereocenters. The van der Waals surface area contributed by atoms with Crippen LogP contribution >= 0.6 is 21.6 Å². The smallest absolute Gasteiger partial charge is 0.291 e. The largest absolute Gasteiger partial charge is 0.328 e. The lowest BCUT2D eigenvalue weighted by molar-refractivity contribution is -0.742. The maximum Gasteiger partial charge on any atom is 0.291 e. The molecule has 0 amide bonds. The molecule has 8 nitrogen and oxygen atoms in total. The molecule has 0 radical (unpaired) electrons. The van der Waals surface area contributed by atoms with E-state index in [-0.39, 0.29) is 0 Å². The number of nitrogens with zero attached hydrogens (tertiary/aromatic N) is 2. The fourth-order valence-corrected chi connectivity index (χ4v) is 2.73. The first kappa shape index (κ1) is 15.6. The van der Waals surface area contributed by atoms with Crippen molar-refractivity contribution >= 4 is 21.6 Å². The maximum absolute atomic E-state index is 8.36. The molecule has 1 saturated heterocycles. The summed E-state index contributed by atoms with van der Waals surface area (Å²) in [7, 11) is 4.02. The van der Waals surface area contributed by atoms with Crippen LogP contribution in [-0.2, 0) is 0 Å². The Kier molecular flexibility index (Phi) is 13.5. The van der Waals surface area contributed by atoms with Gasteiger partial charge in [0.2, 0.25) is 0 Å². The zero-order valence-corrected chi connectivity index (χ0v) is 8.70. The van der Waals surface area contributed by atoms with Crippen LogP contribution in [0.2, 0.25) is 0 Å². The first-order chi connectivity index (χ1) is 6.46. The van der Waals surface area contributed by atoms with Crippen LogP contribution in [0.15, 0.2) is 0 Å². The Hall–Kier alpha value is -0.900. The second-order valence-electron chi connectivity index (χ2n) is 1.83. The molecule has 0 aromatic rings. The summed E-state index contributed by atoms with van der Waals surface area (Å²) in [5, 5.41) is 27.3. The quantitative estimate of drug-likeness (QED) is 0.373. The zero-order chi connectivity index (χ0) is 11.4. The van der Waals surface area contributed by atoms with Crippen LogP contribution in [0.3, 0.4) is 0 Å². The van der Waals surface area contributed by atoms with E-state index in [2.05, 4.69) is 0 Å². The topological polar surface area (TPSA) is 127 Å². The van der Waals surface area contributed by atoms with Gasteiger partial charge in [-0.1, -0.05) is 21.6 Å². The second-order valence-corrected chi connectivity index (χ2v) is 4.53. The van der Waals surface area contributed by atoms with Crippen molar-refractivity contribution < 1.29 is 20.6 Å². The van der Waals surface area contributed by atoms with Crippen molar-refractivity contribution in [2.24, 2.45) is 0 Å². The average molecular weight is 246 g/mol. The first-order valence-electron chi connectivity index (χ1n) is 3.37. The Balaban J connectivity index is 0. The predicted octanol–water partition coefficient (Wildman–Crippen LogP) is 1.47. The molecule has 1 aliphatic rings. The van der Waals surface area contributed by atoms with E-state index in [0.717, 1.165) is 0 Å². The number of hydrogen-bond donors (Lipinski definition) is 2. The number of rotatable bonds is 0. The molecular weight excluding hydrogens is 236 g/mol. The van der Waals surface area contributed by atoms with Crippen molar-refractivity contribution in [1.82, 2.24) is 0 Å². The summed E-state index contributed by atoms with van der Waals surface area (Å²) in [4.78, 5) is 16.7. The van der Waals surface area contributed by atoms with Crippen molar-refractivity contribution in [3.8, 4) is 0 Å². The summed E-state index contributed by atoms with van der Waals surface area (Å²) in [5.41, 5.74) is 0. The van der Waals surface area contributed by atoms with E-state index in [9.17, 15) is 0 Å². The molecule has 84 valence electrons. The predicted molar refractivity (Wildman–Crippen MR) is 51.7 cm³/mol. The van der Waals surface area contributed by atoms with E-state index in [0.29, 0.717) is 0 Å². The lowest BCUT2D eigenvalue weighted by atomic mass is 10.4. The Labute approximate surface area is 87.3 Å². The molecule has 1 heterocycles. The zero-order valence-electron chi connectivity index (χ0n) is 7.07. The van der Waals surface area contributed by atoms with Gasteiger partial charge in [-0.15, -0.1) is 20.2 Å². The van der Waals surface area contributed by atoms with Gasteiger partial charge in [0.05, 0.1) is 0 Å². The molecular formula is C4H10N2O6S2. The molecule has 1 rings (SSSR count). The highest BCUT2D eigenvalue weighted by molar-refractivity contribution is 8.76. The highest BCUT2D eigenvalue weighted by Crippen LogP contribution is 2.28. The van der Waals surface area contributed by atoms with Crippen molar-refractivity contribution in [3.63, 3.8) is 0 Å². The van der Waals surface area contributed by atoms with Gasteiger partial charge < -0.3 is 10.4 Å². The van der Waals surface area contributed by atoms with E-state index in [1.807, 2.05) is 21.6 Å². The molecule has 1 aliphatic heterocycles. The normalized spacial score (nSPS) is 13.7. The molecule has 0 bridgehead atoms. The summed E-state index contributed by atoms with van der Waals surface area (Å²) in [6.07, 6.45) is 2.88. The Morgan fingerprint density at radius 3 is 1.21 bits per heavy atom. The van der Waals surface area contributed by atoms with Crippen molar-refractivity contribution in [3.05, 3.63) is 20.2 Å². The van der Waals surface area contributed by atoms with Crippen molar-refractivity contribution in [2.45, 2.75) is 12.8 Å². The standard InChI is InChI=1S/C4H8S2.2HNO3/c1-2-4-6-5-3-1;2*2-1(3)4/h1-4H2;2*(H,2,3,4). The molecule has 1 fully saturated rings. The summed E-state index contributed by atoms with van der Waals surface area (Å²) >= 11 is 0. The minimum atomic E-state index is -1.50. The monoisotopic (exact) mass is 246 g/mol. The van der Waals surface area contributed by atoms with Gasteiger partial charge in [-0.25, -0.2) is 0 Å². The molecule has 2 N–H and O–H groups in total. The van der Waals surface area contributed by atoms with Crippen LogP contribution in [0.4, 0.5) is 0 Å². The van der Waals surface area contributed by atoms with Crippen LogP contribution in [0.1, 0.15) is 12.8 Å². The van der Waals surface area contributed by atoms with Crippen LogP contribution in [-0.4, -0.2) is 32.1 Å². The maximum atomic E-state index is 8.36. The van der Waals surface area contributed by atoms with Crippen LogP contribution in [0, 0.1) is 20.2 Å². The molecule has 14 heavy (non-hydrogen) atoms. The molecule has 10 heteroatoms. The highest BCUT2D eigenvalue weighted by Gasteiger charge is 1.96. The summed E-state index contributed by atoms with van der Waals surface area (Å²) < 4.78 is 0. The van der Waals surface area contributed by atoms with Gasteiger partial charge in [0.15, 0.2) is 0 Å². The molecule has 0 unspecified atom stereocenters. The van der Waals surface area contributed by atoms with E-state index in [4.69, 9.17) is 30.6 Å². The lowest BCUT2D eigenvalue weighted by Crippen LogP contribution is -1.86. The van der Waals surface area contributed by atoms with E-state index in [1.54, 1.807) is 0 Å². The van der Waals surface area contributed by atoms with Gasteiger partial charge >= 0.3 is 0 Å². The van der Waals surface area contributed by atoms with Gasteiger partial charge in [-0.05, 0) is 12.8 Å². The van der Waals surface area contributed by atoms with E-state index in [1.165, 1.54) is 24.3 Å². The molecule has 0 aliphatic carbocycles.